The fourth-order valence-corrected chi connectivity index (χ4v) is 0.609. The molecule has 0 aromatic carbocycles. The third-order valence-electron chi connectivity index (χ3n) is 1.03. The number of nitriles is 1. The number of anilines is 1. The third-order valence-corrected chi connectivity index (χ3v) is 1.03. The van der Waals surface area contributed by atoms with Gasteiger partial charge in [0.05, 0.1) is 11.8 Å². The number of hydrogen-bond acceptors (Lipinski definition) is 3. The van der Waals surface area contributed by atoms with Crippen LogP contribution in [0.25, 0.3) is 0 Å². The second-order valence-electron chi connectivity index (χ2n) is 1.75. The standard InChI is InChI=1S/C7H7N3.ClH/c8-3-5-10-7-2-1-4-9-6-7;/h1-2,4,6,10H,5H2;1H. The summed E-state index contributed by atoms with van der Waals surface area (Å²) in [6.45, 7) is 0.325. The molecule has 11 heavy (non-hydrogen) atoms. The molecule has 0 saturated heterocycles. The van der Waals surface area contributed by atoms with Crippen molar-refractivity contribution in [1.29, 1.82) is 5.26 Å². The Labute approximate surface area is 71.5 Å². The average Bonchev–Trinajstić information content (AvgIpc) is 2.03. The Hall–Kier alpha value is -1.27. The van der Waals surface area contributed by atoms with Gasteiger partial charge in [0.2, 0.25) is 0 Å². The smallest absolute Gasteiger partial charge is 0.103 e. The molecule has 0 unspecified atom stereocenters. The molecule has 1 N–H and O–H groups in total. The van der Waals surface area contributed by atoms with Crippen molar-refractivity contribution in [2.75, 3.05) is 11.9 Å². The predicted molar refractivity (Wildman–Crippen MR) is 45.6 cm³/mol. The number of nitrogens with one attached hydrogen (secondary N) is 1. The molecule has 3 nitrogen and oxygen atoms in total. The van der Waals surface area contributed by atoms with Crippen LogP contribution >= 0.6 is 12.4 Å². The molecule has 1 aromatic heterocycles. The van der Waals surface area contributed by atoms with Gasteiger partial charge in [-0.3, -0.25) is 4.98 Å². The van der Waals surface area contributed by atoms with Gasteiger partial charge in [-0.1, -0.05) is 0 Å². The minimum atomic E-state index is 0. The van der Waals surface area contributed by atoms with Gasteiger partial charge in [0.15, 0.2) is 0 Å². The zero-order chi connectivity index (χ0) is 7.23. The van der Waals surface area contributed by atoms with E-state index in [4.69, 9.17) is 5.26 Å². The monoisotopic (exact) mass is 169 g/mol. The van der Waals surface area contributed by atoms with E-state index in [1.807, 2.05) is 18.2 Å². The van der Waals surface area contributed by atoms with Gasteiger partial charge in [-0.2, -0.15) is 5.26 Å². The van der Waals surface area contributed by atoms with Crippen LogP contribution in [0.15, 0.2) is 24.5 Å². The highest BCUT2D eigenvalue weighted by molar-refractivity contribution is 5.85. The van der Waals surface area contributed by atoms with Crippen LogP contribution in [0.4, 0.5) is 5.69 Å². The van der Waals surface area contributed by atoms with Crippen LogP contribution in [0.2, 0.25) is 0 Å². The van der Waals surface area contributed by atoms with Crippen LogP contribution in [-0.4, -0.2) is 11.5 Å². The second kappa shape index (κ2) is 5.51. The van der Waals surface area contributed by atoms with Gasteiger partial charge in [-0.25, -0.2) is 0 Å². The normalized spacial score (nSPS) is 7.55. The maximum atomic E-state index is 8.19. The molecule has 0 aliphatic rings. The Balaban J connectivity index is 0.000001000. The summed E-state index contributed by atoms with van der Waals surface area (Å²) < 4.78 is 0. The summed E-state index contributed by atoms with van der Waals surface area (Å²) >= 11 is 0. The fraction of sp³-hybridized carbons (Fsp3) is 0.143. The van der Waals surface area contributed by atoms with Crippen LogP contribution in [0.3, 0.4) is 0 Å². The largest absolute Gasteiger partial charge is 0.371 e. The van der Waals surface area contributed by atoms with Crippen molar-refractivity contribution in [3.63, 3.8) is 0 Å². The van der Waals surface area contributed by atoms with Gasteiger partial charge in [-0.05, 0) is 12.1 Å². The minimum absolute atomic E-state index is 0. The number of pyridine rings is 1. The maximum Gasteiger partial charge on any atom is 0.103 e. The van der Waals surface area contributed by atoms with Crippen LogP contribution in [-0.2, 0) is 0 Å². The predicted octanol–water partition coefficient (Wildman–Crippen LogP) is 1.44. The summed E-state index contributed by atoms with van der Waals surface area (Å²) in [4.78, 5) is 3.87. The number of halogens is 1. The van der Waals surface area contributed by atoms with E-state index < -0.39 is 0 Å². The first kappa shape index (κ1) is 9.73. The summed E-state index contributed by atoms with van der Waals surface area (Å²) in [7, 11) is 0. The van der Waals surface area contributed by atoms with E-state index in [0.717, 1.165) is 5.69 Å². The molecule has 0 amide bonds. The van der Waals surface area contributed by atoms with Crippen LogP contribution in [0.5, 0.6) is 0 Å². The zero-order valence-electron chi connectivity index (χ0n) is 5.82. The summed E-state index contributed by atoms with van der Waals surface area (Å²) in [5.41, 5.74) is 0.879. The Bertz CT molecular complexity index is 229. The number of nitrogens with zero attached hydrogens (tertiary/aromatic N) is 2. The van der Waals surface area contributed by atoms with Crippen molar-refractivity contribution in [3.8, 4) is 6.07 Å². The molecule has 58 valence electrons. The van der Waals surface area contributed by atoms with Gasteiger partial charge < -0.3 is 5.32 Å². The molecule has 0 aliphatic heterocycles. The first-order valence-corrected chi connectivity index (χ1v) is 2.94. The summed E-state index contributed by atoms with van der Waals surface area (Å²) in [5, 5.41) is 11.1. The van der Waals surface area contributed by atoms with Crippen molar-refractivity contribution in [2.24, 2.45) is 0 Å². The number of hydrogen-bond donors (Lipinski definition) is 1. The molecule has 4 heteroatoms. The Kier molecular flexibility index (Phi) is 4.87. The van der Waals surface area contributed by atoms with Crippen molar-refractivity contribution in [2.45, 2.75) is 0 Å². The van der Waals surface area contributed by atoms with E-state index in [2.05, 4.69) is 10.3 Å². The average molecular weight is 170 g/mol. The van der Waals surface area contributed by atoms with Crippen LogP contribution in [0, 0.1) is 11.3 Å². The molecule has 1 rings (SSSR count). The maximum absolute atomic E-state index is 8.19. The van der Waals surface area contributed by atoms with Gasteiger partial charge >= 0.3 is 0 Å². The first-order valence-electron chi connectivity index (χ1n) is 2.94. The van der Waals surface area contributed by atoms with E-state index in [1.54, 1.807) is 12.4 Å². The highest BCUT2D eigenvalue weighted by atomic mass is 35.5. The lowest BCUT2D eigenvalue weighted by atomic mass is 10.4. The van der Waals surface area contributed by atoms with E-state index in [9.17, 15) is 0 Å². The summed E-state index contributed by atoms with van der Waals surface area (Å²) in [6, 6.07) is 5.66. The van der Waals surface area contributed by atoms with Crippen molar-refractivity contribution >= 4 is 18.1 Å². The molecule has 0 spiro atoms. The van der Waals surface area contributed by atoms with Crippen molar-refractivity contribution < 1.29 is 0 Å². The minimum Gasteiger partial charge on any atom is -0.371 e. The van der Waals surface area contributed by atoms with Crippen molar-refractivity contribution in [3.05, 3.63) is 24.5 Å². The molecular formula is C7H8ClN3. The lowest BCUT2D eigenvalue weighted by Gasteiger charge is -1.97. The molecule has 1 heterocycles. The number of rotatable bonds is 2. The molecule has 0 saturated carbocycles. The topological polar surface area (TPSA) is 48.7 Å². The van der Waals surface area contributed by atoms with Crippen LogP contribution in [0.1, 0.15) is 0 Å². The Morgan fingerprint density at radius 3 is 3.00 bits per heavy atom. The Morgan fingerprint density at radius 1 is 1.64 bits per heavy atom. The van der Waals surface area contributed by atoms with Gasteiger partial charge in [0.1, 0.15) is 6.54 Å². The Morgan fingerprint density at radius 2 is 2.45 bits per heavy atom. The molecule has 0 aliphatic carbocycles. The first-order chi connectivity index (χ1) is 4.93. The van der Waals surface area contributed by atoms with E-state index in [0.29, 0.717) is 6.54 Å². The molecule has 0 atom stereocenters. The van der Waals surface area contributed by atoms with Gasteiger partial charge in [-0.15, -0.1) is 12.4 Å². The quantitative estimate of drug-likeness (QED) is 0.682. The van der Waals surface area contributed by atoms with Gasteiger partial charge in [0, 0.05) is 12.4 Å². The van der Waals surface area contributed by atoms with E-state index >= 15 is 0 Å². The van der Waals surface area contributed by atoms with Crippen LogP contribution < -0.4 is 5.32 Å². The lowest BCUT2D eigenvalue weighted by molar-refractivity contribution is 1.26. The van der Waals surface area contributed by atoms with E-state index in [1.165, 1.54) is 0 Å². The molecule has 0 radical (unpaired) electrons. The highest BCUT2D eigenvalue weighted by Gasteiger charge is 1.85. The molecular weight excluding hydrogens is 162 g/mol. The molecule has 1 aromatic rings. The fourth-order valence-electron chi connectivity index (χ4n) is 0.609. The third kappa shape index (κ3) is 3.43. The SMILES string of the molecule is Cl.N#CCNc1cccnc1. The lowest BCUT2D eigenvalue weighted by Crippen LogP contribution is -1.97. The zero-order valence-corrected chi connectivity index (χ0v) is 6.64. The molecule has 0 bridgehead atoms. The number of aromatic nitrogens is 1. The second-order valence-corrected chi connectivity index (χ2v) is 1.75. The van der Waals surface area contributed by atoms with Crippen molar-refractivity contribution in [1.82, 2.24) is 4.98 Å². The highest BCUT2D eigenvalue weighted by Crippen LogP contribution is 2.00. The summed E-state index contributed by atoms with van der Waals surface area (Å²) in [6.07, 6.45) is 3.37. The molecule has 0 fully saturated rings. The van der Waals surface area contributed by atoms with E-state index in [-0.39, 0.29) is 12.4 Å². The summed E-state index contributed by atoms with van der Waals surface area (Å²) in [5.74, 6) is 0. The van der Waals surface area contributed by atoms with Gasteiger partial charge in [0.25, 0.3) is 0 Å².